The maximum Gasteiger partial charge on any atom is 0.205 e. The van der Waals surface area contributed by atoms with Crippen molar-refractivity contribution >= 4 is 0 Å². The molecule has 3 rings (SSSR count). The Bertz CT molecular complexity index is 755. The number of rotatable bonds is 3. The summed E-state index contributed by atoms with van der Waals surface area (Å²) in [5.74, 6) is -0.110. The zero-order valence-corrected chi connectivity index (χ0v) is 11.3. The van der Waals surface area contributed by atoms with Crippen molar-refractivity contribution in [3.05, 3.63) is 59.9 Å². The van der Waals surface area contributed by atoms with Gasteiger partial charge >= 0.3 is 0 Å². The van der Waals surface area contributed by atoms with E-state index in [4.69, 9.17) is 0 Å². The third-order valence-electron chi connectivity index (χ3n) is 3.11. The van der Waals surface area contributed by atoms with E-state index in [0.29, 0.717) is 11.4 Å². The lowest BCUT2D eigenvalue weighted by molar-refractivity contribution is 0.198. The highest BCUT2D eigenvalue weighted by molar-refractivity contribution is 5.53. The molecule has 0 aliphatic carbocycles. The Balaban J connectivity index is 2.09. The summed E-state index contributed by atoms with van der Waals surface area (Å²) in [5, 5.41) is 21.8. The zero-order valence-electron chi connectivity index (χ0n) is 11.3. The molecule has 3 aromatic rings. The second-order valence-electron chi connectivity index (χ2n) is 4.62. The second kappa shape index (κ2) is 5.41. The highest BCUT2D eigenvalue weighted by Gasteiger charge is 2.17. The number of aliphatic hydroxyl groups is 1. The van der Waals surface area contributed by atoms with Crippen LogP contribution in [0.4, 0.5) is 4.39 Å². The Kier molecular flexibility index (Phi) is 3.45. The van der Waals surface area contributed by atoms with Crippen LogP contribution in [0.1, 0.15) is 18.6 Å². The lowest BCUT2D eigenvalue weighted by Crippen LogP contribution is -2.08. The number of hydrogen-bond donors (Lipinski definition) is 1. The molecule has 0 fully saturated rings. The molecule has 106 valence electrons. The van der Waals surface area contributed by atoms with E-state index < -0.39 is 11.9 Å². The lowest BCUT2D eigenvalue weighted by atomic mass is 10.1. The largest absolute Gasteiger partial charge is 0.389 e. The summed E-state index contributed by atoms with van der Waals surface area (Å²) in [6.07, 6.45) is -0.832. The quantitative estimate of drug-likeness (QED) is 0.802. The van der Waals surface area contributed by atoms with Gasteiger partial charge in [0, 0.05) is 11.1 Å². The first kappa shape index (κ1) is 13.4. The minimum Gasteiger partial charge on any atom is -0.389 e. The molecule has 6 heteroatoms. The molecule has 0 saturated heterocycles. The van der Waals surface area contributed by atoms with Gasteiger partial charge in [-0.25, -0.2) is 4.39 Å². The fourth-order valence-corrected chi connectivity index (χ4v) is 2.09. The number of para-hydroxylation sites is 1. The Labute approximate surface area is 120 Å². The Morgan fingerprint density at radius 1 is 1.10 bits per heavy atom. The van der Waals surface area contributed by atoms with Crippen LogP contribution in [0.2, 0.25) is 0 Å². The summed E-state index contributed by atoms with van der Waals surface area (Å²) in [4.78, 5) is 1.11. The van der Waals surface area contributed by atoms with Crippen molar-refractivity contribution < 1.29 is 9.50 Å². The molecule has 0 aliphatic heterocycles. The number of aromatic nitrogens is 4. The van der Waals surface area contributed by atoms with Crippen LogP contribution in [0.3, 0.4) is 0 Å². The fourth-order valence-electron chi connectivity index (χ4n) is 2.09. The Hall–Kier alpha value is -2.60. The molecular formula is C15H13FN4O. The van der Waals surface area contributed by atoms with Crippen LogP contribution < -0.4 is 0 Å². The Morgan fingerprint density at radius 2 is 1.86 bits per heavy atom. The fraction of sp³-hybridized carbons (Fsp3) is 0.133. The SMILES string of the molecule is C[C@@H](O)c1cccc(F)c1-n1nnc(-c2ccccc2)n1. The predicted octanol–water partition coefficient (Wildman–Crippen LogP) is 2.52. The van der Waals surface area contributed by atoms with Gasteiger partial charge in [-0.3, -0.25) is 0 Å². The zero-order chi connectivity index (χ0) is 14.8. The van der Waals surface area contributed by atoms with Crippen LogP contribution >= 0.6 is 0 Å². The van der Waals surface area contributed by atoms with E-state index in [-0.39, 0.29) is 5.69 Å². The van der Waals surface area contributed by atoms with Crippen molar-refractivity contribution in [2.24, 2.45) is 0 Å². The number of halogens is 1. The van der Waals surface area contributed by atoms with Gasteiger partial charge in [-0.1, -0.05) is 42.5 Å². The van der Waals surface area contributed by atoms with Crippen LogP contribution in [0.5, 0.6) is 0 Å². The van der Waals surface area contributed by atoms with Crippen molar-refractivity contribution in [3.63, 3.8) is 0 Å². The number of benzene rings is 2. The van der Waals surface area contributed by atoms with Crippen LogP contribution in [-0.4, -0.2) is 25.3 Å². The van der Waals surface area contributed by atoms with E-state index in [1.54, 1.807) is 13.0 Å². The van der Waals surface area contributed by atoms with Crippen LogP contribution in [0.15, 0.2) is 48.5 Å². The van der Waals surface area contributed by atoms with Crippen molar-refractivity contribution in [3.8, 4) is 17.1 Å². The molecule has 1 heterocycles. The van der Waals surface area contributed by atoms with E-state index >= 15 is 0 Å². The van der Waals surface area contributed by atoms with E-state index in [1.165, 1.54) is 12.1 Å². The molecule has 0 aliphatic rings. The van der Waals surface area contributed by atoms with E-state index in [1.807, 2.05) is 30.3 Å². The molecule has 2 aromatic carbocycles. The minimum absolute atomic E-state index is 0.113. The summed E-state index contributed by atoms with van der Waals surface area (Å²) in [6, 6.07) is 13.8. The van der Waals surface area contributed by atoms with Gasteiger partial charge in [-0.2, -0.15) is 0 Å². The maximum atomic E-state index is 14.1. The molecule has 0 radical (unpaired) electrons. The van der Waals surface area contributed by atoms with Gasteiger partial charge in [0.15, 0.2) is 5.82 Å². The smallest absolute Gasteiger partial charge is 0.205 e. The Morgan fingerprint density at radius 3 is 2.57 bits per heavy atom. The van der Waals surface area contributed by atoms with E-state index in [2.05, 4.69) is 15.4 Å². The van der Waals surface area contributed by atoms with Gasteiger partial charge in [-0.05, 0) is 18.2 Å². The van der Waals surface area contributed by atoms with Gasteiger partial charge in [0.2, 0.25) is 5.82 Å². The van der Waals surface area contributed by atoms with Crippen LogP contribution in [0.25, 0.3) is 17.1 Å². The molecule has 0 spiro atoms. The molecule has 0 unspecified atom stereocenters. The molecule has 1 atom stereocenters. The van der Waals surface area contributed by atoms with Crippen molar-refractivity contribution in [2.45, 2.75) is 13.0 Å². The van der Waals surface area contributed by atoms with Gasteiger partial charge in [0.05, 0.1) is 6.10 Å². The maximum absolute atomic E-state index is 14.1. The van der Waals surface area contributed by atoms with E-state index in [9.17, 15) is 9.50 Å². The third kappa shape index (κ3) is 2.53. The number of aliphatic hydroxyl groups excluding tert-OH is 1. The standard InChI is InChI=1S/C15H13FN4O/c1-10(21)12-8-5-9-13(16)14(12)20-18-15(17-19-20)11-6-3-2-4-7-11/h2-10,21H,1H3/t10-/m1/s1. The number of tetrazole rings is 1. The first-order valence-electron chi connectivity index (χ1n) is 6.49. The lowest BCUT2D eigenvalue weighted by Gasteiger charge is -2.10. The summed E-state index contributed by atoms with van der Waals surface area (Å²) in [6.45, 7) is 1.56. The van der Waals surface area contributed by atoms with Gasteiger partial charge in [0.25, 0.3) is 0 Å². The van der Waals surface area contributed by atoms with Crippen molar-refractivity contribution in [2.75, 3.05) is 0 Å². The van der Waals surface area contributed by atoms with Gasteiger partial charge < -0.3 is 5.11 Å². The predicted molar refractivity (Wildman–Crippen MR) is 75.2 cm³/mol. The average Bonchev–Trinajstić information content (AvgIpc) is 2.97. The summed E-state index contributed by atoms with van der Waals surface area (Å²) in [5.41, 5.74) is 1.31. The van der Waals surface area contributed by atoms with E-state index in [0.717, 1.165) is 10.4 Å². The molecule has 1 aromatic heterocycles. The monoisotopic (exact) mass is 284 g/mol. The topological polar surface area (TPSA) is 63.8 Å². The molecule has 1 N–H and O–H groups in total. The molecular weight excluding hydrogens is 271 g/mol. The van der Waals surface area contributed by atoms with Crippen molar-refractivity contribution in [1.82, 2.24) is 20.2 Å². The molecule has 5 nitrogen and oxygen atoms in total. The molecule has 0 amide bonds. The second-order valence-corrected chi connectivity index (χ2v) is 4.62. The van der Waals surface area contributed by atoms with Crippen LogP contribution in [-0.2, 0) is 0 Å². The summed E-state index contributed by atoms with van der Waals surface area (Å²) >= 11 is 0. The first-order valence-corrected chi connectivity index (χ1v) is 6.49. The first-order chi connectivity index (χ1) is 10.2. The van der Waals surface area contributed by atoms with Crippen molar-refractivity contribution in [1.29, 1.82) is 0 Å². The minimum atomic E-state index is -0.832. The average molecular weight is 284 g/mol. The molecule has 21 heavy (non-hydrogen) atoms. The molecule has 0 saturated carbocycles. The number of nitrogens with zero attached hydrogens (tertiary/aromatic N) is 4. The number of hydrogen-bond acceptors (Lipinski definition) is 4. The summed E-state index contributed by atoms with van der Waals surface area (Å²) in [7, 11) is 0. The third-order valence-corrected chi connectivity index (χ3v) is 3.11. The highest BCUT2D eigenvalue weighted by Crippen LogP contribution is 2.24. The highest BCUT2D eigenvalue weighted by atomic mass is 19.1. The van der Waals surface area contributed by atoms with Crippen LogP contribution in [0, 0.1) is 5.82 Å². The summed E-state index contributed by atoms with van der Waals surface area (Å²) < 4.78 is 14.1. The normalized spacial score (nSPS) is 12.3. The molecule has 0 bridgehead atoms. The van der Waals surface area contributed by atoms with Gasteiger partial charge in [-0.15, -0.1) is 15.0 Å². The van der Waals surface area contributed by atoms with Gasteiger partial charge in [0.1, 0.15) is 5.69 Å².